The van der Waals surface area contributed by atoms with Gasteiger partial charge in [-0.05, 0) is 31.0 Å². The van der Waals surface area contributed by atoms with Crippen molar-refractivity contribution >= 4 is 10.0 Å². The van der Waals surface area contributed by atoms with Crippen molar-refractivity contribution in [1.29, 1.82) is 0 Å². The molecule has 1 unspecified atom stereocenters. The predicted molar refractivity (Wildman–Crippen MR) is 80.0 cm³/mol. The van der Waals surface area contributed by atoms with Gasteiger partial charge in [0.15, 0.2) is 0 Å². The summed E-state index contributed by atoms with van der Waals surface area (Å²) in [6, 6.07) is 6.74. The number of primary sulfonamides is 1. The fourth-order valence-corrected chi connectivity index (χ4v) is 2.28. The fourth-order valence-electron chi connectivity index (χ4n) is 1.76. The summed E-state index contributed by atoms with van der Waals surface area (Å²) >= 11 is 0. The molecule has 0 bridgehead atoms. The molecule has 0 saturated carbocycles. The first-order valence-electron chi connectivity index (χ1n) is 6.89. The van der Waals surface area contributed by atoms with Crippen molar-refractivity contribution in [3.8, 4) is 0 Å². The maximum Gasteiger partial charge on any atom is 0.238 e. The molecule has 3 N–H and O–H groups in total. The van der Waals surface area contributed by atoms with Gasteiger partial charge in [0.05, 0.1) is 11.5 Å². The summed E-state index contributed by atoms with van der Waals surface area (Å²) in [5.74, 6) is 0. The Kier molecular flexibility index (Phi) is 7.15. The van der Waals surface area contributed by atoms with Crippen LogP contribution in [-0.4, -0.2) is 28.2 Å². The molecule has 5 nitrogen and oxygen atoms in total. The van der Waals surface area contributed by atoms with Gasteiger partial charge in [-0.1, -0.05) is 25.5 Å². The zero-order valence-corrected chi connectivity index (χ0v) is 12.9. The van der Waals surface area contributed by atoms with E-state index in [0.717, 1.165) is 31.6 Å². The topological polar surface area (TPSA) is 81.4 Å². The van der Waals surface area contributed by atoms with E-state index >= 15 is 0 Å². The number of rotatable bonds is 9. The van der Waals surface area contributed by atoms with E-state index in [1.165, 1.54) is 12.1 Å². The van der Waals surface area contributed by atoms with Crippen molar-refractivity contribution in [1.82, 2.24) is 5.32 Å². The summed E-state index contributed by atoms with van der Waals surface area (Å²) in [6.45, 7) is 6.41. The Morgan fingerprint density at radius 2 is 1.90 bits per heavy atom. The molecule has 1 rings (SSSR count). The number of nitrogens with one attached hydrogen (secondary N) is 1. The molecule has 0 aliphatic carbocycles. The van der Waals surface area contributed by atoms with Gasteiger partial charge in [0, 0.05) is 19.2 Å². The van der Waals surface area contributed by atoms with Gasteiger partial charge in [-0.15, -0.1) is 0 Å². The van der Waals surface area contributed by atoms with E-state index in [9.17, 15) is 8.42 Å². The number of hydrogen-bond donors (Lipinski definition) is 2. The zero-order valence-electron chi connectivity index (χ0n) is 12.1. The number of benzene rings is 1. The number of sulfonamides is 1. The van der Waals surface area contributed by atoms with Crippen molar-refractivity contribution in [2.45, 2.75) is 37.6 Å². The van der Waals surface area contributed by atoms with Crippen LogP contribution in [0.5, 0.6) is 0 Å². The molecule has 1 aromatic carbocycles. The van der Waals surface area contributed by atoms with Crippen molar-refractivity contribution in [2.75, 3.05) is 19.8 Å². The Labute approximate surface area is 121 Å². The first kappa shape index (κ1) is 17.1. The van der Waals surface area contributed by atoms with Gasteiger partial charge in [-0.2, -0.15) is 0 Å². The van der Waals surface area contributed by atoms with Crippen molar-refractivity contribution in [2.24, 2.45) is 5.14 Å². The fraction of sp³-hybridized carbons (Fsp3) is 0.571. The molecule has 0 spiro atoms. The van der Waals surface area contributed by atoms with Crippen LogP contribution in [0.1, 0.15) is 38.3 Å². The molecule has 114 valence electrons. The monoisotopic (exact) mass is 300 g/mol. The largest absolute Gasteiger partial charge is 0.380 e. The Hall–Kier alpha value is -0.950. The highest BCUT2D eigenvalue weighted by molar-refractivity contribution is 7.89. The maximum atomic E-state index is 11.2. The first-order chi connectivity index (χ1) is 9.45. The van der Waals surface area contributed by atoms with E-state index in [1.54, 1.807) is 12.1 Å². The highest BCUT2D eigenvalue weighted by Crippen LogP contribution is 2.15. The maximum absolute atomic E-state index is 11.2. The van der Waals surface area contributed by atoms with Crippen LogP contribution < -0.4 is 10.5 Å². The average Bonchev–Trinajstić information content (AvgIpc) is 2.41. The van der Waals surface area contributed by atoms with Gasteiger partial charge >= 0.3 is 0 Å². The minimum Gasteiger partial charge on any atom is -0.380 e. The van der Waals surface area contributed by atoms with Gasteiger partial charge in [-0.25, -0.2) is 13.6 Å². The van der Waals surface area contributed by atoms with E-state index < -0.39 is 10.0 Å². The van der Waals surface area contributed by atoms with Crippen LogP contribution in [0.3, 0.4) is 0 Å². The molecule has 0 heterocycles. The lowest BCUT2D eigenvalue weighted by molar-refractivity contribution is 0.131. The third-order valence-electron chi connectivity index (χ3n) is 3.05. The Morgan fingerprint density at radius 1 is 1.25 bits per heavy atom. The summed E-state index contributed by atoms with van der Waals surface area (Å²) in [4.78, 5) is 0.136. The van der Waals surface area contributed by atoms with E-state index in [2.05, 4.69) is 12.2 Å². The highest BCUT2D eigenvalue weighted by Gasteiger charge is 2.09. The quantitative estimate of drug-likeness (QED) is 0.681. The second kappa shape index (κ2) is 8.36. The molecule has 6 heteroatoms. The number of hydrogen-bond acceptors (Lipinski definition) is 4. The molecule has 20 heavy (non-hydrogen) atoms. The predicted octanol–water partition coefficient (Wildman–Crippen LogP) is 1.80. The second-order valence-electron chi connectivity index (χ2n) is 4.76. The molecule has 0 aliphatic rings. The smallest absolute Gasteiger partial charge is 0.238 e. The third kappa shape index (κ3) is 6.00. The summed E-state index contributed by atoms with van der Waals surface area (Å²) in [6.07, 6.45) is 2.23. The number of unbranched alkanes of at least 4 members (excludes halogenated alkanes) is 1. The van der Waals surface area contributed by atoms with Crippen LogP contribution in [0.2, 0.25) is 0 Å². The van der Waals surface area contributed by atoms with Gasteiger partial charge < -0.3 is 10.1 Å². The summed E-state index contributed by atoms with van der Waals surface area (Å²) in [7, 11) is -3.62. The van der Waals surface area contributed by atoms with E-state index in [0.29, 0.717) is 6.61 Å². The van der Waals surface area contributed by atoms with Crippen LogP contribution in [-0.2, 0) is 14.8 Å². The number of ether oxygens (including phenoxy) is 1. The SMILES string of the molecule is CCCCOCCNC(C)c1ccc(S(N)(=O)=O)cc1. The van der Waals surface area contributed by atoms with Crippen molar-refractivity contribution in [3.63, 3.8) is 0 Å². The molecule has 0 aliphatic heterocycles. The van der Waals surface area contributed by atoms with Crippen molar-refractivity contribution < 1.29 is 13.2 Å². The zero-order chi connectivity index (χ0) is 15.0. The lowest BCUT2D eigenvalue weighted by Gasteiger charge is -2.14. The molecular weight excluding hydrogens is 276 g/mol. The third-order valence-corrected chi connectivity index (χ3v) is 3.98. The molecule has 0 aromatic heterocycles. The van der Waals surface area contributed by atoms with Crippen LogP contribution in [0.4, 0.5) is 0 Å². The highest BCUT2D eigenvalue weighted by atomic mass is 32.2. The molecule has 0 amide bonds. The molecule has 0 radical (unpaired) electrons. The van der Waals surface area contributed by atoms with Crippen molar-refractivity contribution in [3.05, 3.63) is 29.8 Å². The Bertz CT molecular complexity index is 486. The van der Waals surface area contributed by atoms with E-state index in [-0.39, 0.29) is 10.9 Å². The number of nitrogens with two attached hydrogens (primary N) is 1. The van der Waals surface area contributed by atoms with Gasteiger partial charge in [0.25, 0.3) is 0 Å². The van der Waals surface area contributed by atoms with Crippen LogP contribution in [0.15, 0.2) is 29.2 Å². The minimum absolute atomic E-state index is 0.136. The molecule has 1 aromatic rings. The molecule has 0 fully saturated rings. The molecular formula is C14H24N2O3S. The summed E-state index contributed by atoms with van der Waals surface area (Å²) < 4.78 is 27.8. The van der Waals surface area contributed by atoms with Gasteiger partial charge in [-0.3, -0.25) is 0 Å². The van der Waals surface area contributed by atoms with Gasteiger partial charge in [0.1, 0.15) is 0 Å². The Morgan fingerprint density at radius 3 is 2.45 bits per heavy atom. The second-order valence-corrected chi connectivity index (χ2v) is 6.32. The summed E-state index contributed by atoms with van der Waals surface area (Å²) in [5, 5.41) is 8.39. The minimum atomic E-state index is -3.62. The molecule has 0 saturated heterocycles. The van der Waals surface area contributed by atoms with Crippen LogP contribution in [0, 0.1) is 0 Å². The lowest BCUT2D eigenvalue weighted by atomic mass is 10.1. The standard InChI is InChI=1S/C14H24N2O3S/c1-3-4-10-19-11-9-16-12(2)13-5-7-14(8-6-13)20(15,17)18/h5-8,12,16H,3-4,9-11H2,1-2H3,(H2,15,17,18). The first-order valence-corrected chi connectivity index (χ1v) is 8.43. The van der Waals surface area contributed by atoms with E-state index in [4.69, 9.17) is 9.88 Å². The molecule has 1 atom stereocenters. The van der Waals surface area contributed by atoms with Crippen LogP contribution in [0.25, 0.3) is 0 Å². The average molecular weight is 300 g/mol. The van der Waals surface area contributed by atoms with Crippen LogP contribution >= 0.6 is 0 Å². The van der Waals surface area contributed by atoms with Gasteiger partial charge in [0.2, 0.25) is 10.0 Å². The summed E-state index contributed by atoms with van der Waals surface area (Å²) in [5.41, 5.74) is 1.02. The Balaban J connectivity index is 2.38. The normalized spacial score (nSPS) is 13.3. The lowest BCUT2D eigenvalue weighted by Crippen LogP contribution is -2.23. The van der Waals surface area contributed by atoms with E-state index in [1.807, 2.05) is 6.92 Å².